The van der Waals surface area contributed by atoms with Crippen LogP contribution in [-0.4, -0.2) is 52.6 Å². The maximum atomic E-state index is 13.7. The highest BCUT2D eigenvalue weighted by Gasteiger charge is 2.56. The lowest BCUT2D eigenvalue weighted by atomic mass is 9.77. The van der Waals surface area contributed by atoms with Crippen LogP contribution in [0.1, 0.15) is 58.4 Å². The van der Waals surface area contributed by atoms with Gasteiger partial charge >= 0.3 is 6.03 Å². The lowest BCUT2D eigenvalue weighted by Gasteiger charge is -2.42. The van der Waals surface area contributed by atoms with E-state index in [4.69, 9.17) is 9.47 Å². The summed E-state index contributed by atoms with van der Waals surface area (Å²) in [5.41, 5.74) is 0.0599. The third-order valence-corrected chi connectivity index (χ3v) is 8.16. The average molecular weight is 456 g/mol. The van der Waals surface area contributed by atoms with E-state index in [0.29, 0.717) is 29.9 Å². The number of amides is 4. The van der Waals surface area contributed by atoms with E-state index in [2.05, 4.69) is 19.2 Å². The van der Waals surface area contributed by atoms with Gasteiger partial charge in [0.1, 0.15) is 12.1 Å². The Morgan fingerprint density at radius 2 is 1.91 bits per heavy atom. The topological polar surface area (TPSA) is 88.2 Å². The fourth-order valence-corrected chi connectivity index (χ4v) is 5.64. The Kier molecular flexibility index (Phi) is 5.49. The fourth-order valence-electron chi connectivity index (χ4n) is 5.64. The number of rotatable bonds is 6. The second-order valence-corrected chi connectivity index (χ2v) is 10.3. The van der Waals surface area contributed by atoms with Crippen molar-refractivity contribution in [2.75, 3.05) is 13.3 Å². The van der Waals surface area contributed by atoms with Crippen molar-refractivity contribution in [3.63, 3.8) is 0 Å². The van der Waals surface area contributed by atoms with Gasteiger partial charge in [0, 0.05) is 12.6 Å². The summed E-state index contributed by atoms with van der Waals surface area (Å²) in [6, 6.07) is 5.32. The highest BCUT2D eigenvalue weighted by Crippen LogP contribution is 2.43. The fraction of sp³-hybridized carbons (Fsp3) is 0.640. The molecule has 0 bridgehead atoms. The lowest BCUT2D eigenvalue weighted by molar-refractivity contribution is -0.142. The van der Waals surface area contributed by atoms with Crippen LogP contribution < -0.4 is 14.8 Å². The summed E-state index contributed by atoms with van der Waals surface area (Å²) >= 11 is 0. The number of carbonyl (C=O) groups excluding carboxylic acids is 3. The number of benzene rings is 1. The zero-order chi connectivity index (χ0) is 23.3. The highest BCUT2D eigenvalue weighted by atomic mass is 16.7. The summed E-state index contributed by atoms with van der Waals surface area (Å²) in [6.45, 7) is 6.59. The van der Waals surface area contributed by atoms with Crippen molar-refractivity contribution in [3.05, 3.63) is 23.8 Å². The van der Waals surface area contributed by atoms with Gasteiger partial charge in [0.15, 0.2) is 11.5 Å². The molecule has 178 valence electrons. The van der Waals surface area contributed by atoms with Crippen LogP contribution in [0.2, 0.25) is 0 Å². The first-order chi connectivity index (χ1) is 15.8. The van der Waals surface area contributed by atoms with Crippen LogP contribution in [0.4, 0.5) is 4.79 Å². The number of hydrogen-bond donors (Lipinski definition) is 1. The Morgan fingerprint density at radius 1 is 1.15 bits per heavy atom. The maximum Gasteiger partial charge on any atom is 0.325 e. The standard InChI is InChI=1S/C25H33N3O5/c1-15-5-4-6-19(16(15)2)27(12-17-7-10-20-21(11-17)33-14-32-20)22(29)13-28-23(30)25(3,18-8-9-18)26-24(28)31/h7,10-11,15-16,18-19H,4-6,8-9,12-14H2,1-3H3,(H,26,31). The zero-order valence-electron chi connectivity index (χ0n) is 19.6. The van der Waals surface area contributed by atoms with Crippen molar-refractivity contribution < 1.29 is 23.9 Å². The highest BCUT2D eigenvalue weighted by molar-refractivity contribution is 6.09. The molecule has 1 N–H and O–H groups in total. The van der Waals surface area contributed by atoms with Crippen molar-refractivity contribution in [1.82, 2.24) is 15.1 Å². The summed E-state index contributed by atoms with van der Waals surface area (Å²) in [6.07, 6.45) is 4.98. The molecular formula is C25H33N3O5. The van der Waals surface area contributed by atoms with Crippen LogP contribution in [0, 0.1) is 17.8 Å². The van der Waals surface area contributed by atoms with E-state index in [9.17, 15) is 14.4 Å². The molecule has 5 rings (SSSR count). The molecule has 2 saturated carbocycles. The van der Waals surface area contributed by atoms with Gasteiger partial charge in [-0.05, 0) is 61.6 Å². The van der Waals surface area contributed by atoms with E-state index in [1.54, 1.807) is 6.92 Å². The minimum Gasteiger partial charge on any atom is -0.454 e. The van der Waals surface area contributed by atoms with Gasteiger partial charge in [-0.15, -0.1) is 0 Å². The van der Waals surface area contributed by atoms with Crippen molar-refractivity contribution in [3.8, 4) is 11.5 Å². The van der Waals surface area contributed by atoms with Crippen LogP contribution in [0.5, 0.6) is 11.5 Å². The van der Waals surface area contributed by atoms with Gasteiger partial charge in [-0.25, -0.2) is 4.79 Å². The molecule has 2 aliphatic heterocycles. The number of ether oxygens (including phenoxy) is 2. The second kappa shape index (κ2) is 8.22. The molecule has 1 saturated heterocycles. The number of carbonyl (C=O) groups is 3. The lowest BCUT2D eigenvalue weighted by Crippen LogP contribution is -2.51. The summed E-state index contributed by atoms with van der Waals surface area (Å²) in [5, 5.41) is 2.85. The zero-order valence-corrected chi connectivity index (χ0v) is 19.6. The molecule has 4 unspecified atom stereocenters. The Labute approximate surface area is 194 Å². The van der Waals surface area contributed by atoms with Crippen LogP contribution in [0.3, 0.4) is 0 Å². The minimum absolute atomic E-state index is 0.0576. The largest absolute Gasteiger partial charge is 0.454 e. The Morgan fingerprint density at radius 3 is 2.67 bits per heavy atom. The first kappa shape index (κ1) is 22.0. The molecule has 2 heterocycles. The monoisotopic (exact) mass is 455 g/mol. The van der Waals surface area contributed by atoms with E-state index in [1.165, 1.54) is 0 Å². The van der Waals surface area contributed by atoms with Crippen LogP contribution >= 0.6 is 0 Å². The first-order valence-electron chi connectivity index (χ1n) is 12.1. The molecule has 2 aliphatic carbocycles. The van der Waals surface area contributed by atoms with E-state index in [-0.39, 0.29) is 37.1 Å². The van der Waals surface area contributed by atoms with Gasteiger partial charge in [0.05, 0.1) is 0 Å². The summed E-state index contributed by atoms with van der Waals surface area (Å²) in [7, 11) is 0. The Balaban J connectivity index is 1.38. The molecule has 1 aromatic rings. The Bertz CT molecular complexity index is 977. The number of urea groups is 1. The minimum atomic E-state index is -0.883. The van der Waals surface area contributed by atoms with Gasteiger partial charge in [-0.2, -0.15) is 0 Å². The molecular weight excluding hydrogens is 422 g/mol. The molecule has 3 fully saturated rings. The third-order valence-electron chi connectivity index (χ3n) is 8.16. The predicted octanol–water partition coefficient (Wildman–Crippen LogP) is 3.29. The van der Waals surface area contributed by atoms with Gasteiger partial charge in [-0.1, -0.05) is 32.8 Å². The average Bonchev–Trinajstić information content (AvgIpc) is 3.51. The van der Waals surface area contributed by atoms with E-state index in [0.717, 1.165) is 42.6 Å². The molecule has 33 heavy (non-hydrogen) atoms. The normalized spacial score (nSPS) is 31.0. The van der Waals surface area contributed by atoms with Crippen LogP contribution in [-0.2, 0) is 16.1 Å². The van der Waals surface area contributed by atoms with Gasteiger partial charge < -0.3 is 19.7 Å². The first-order valence-corrected chi connectivity index (χ1v) is 12.1. The van der Waals surface area contributed by atoms with E-state index >= 15 is 0 Å². The summed E-state index contributed by atoms with van der Waals surface area (Å²) < 4.78 is 10.9. The maximum absolute atomic E-state index is 13.7. The molecule has 4 atom stereocenters. The third kappa shape index (κ3) is 3.93. The van der Waals surface area contributed by atoms with Crippen molar-refractivity contribution in [2.24, 2.45) is 17.8 Å². The van der Waals surface area contributed by atoms with Crippen molar-refractivity contribution in [1.29, 1.82) is 0 Å². The number of nitrogens with zero attached hydrogens (tertiary/aromatic N) is 2. The molecule has 0 aromatic heterocycles. The second-order valence-electron chi connectivity index (χ2n) is 10.3. The predicted molar refractivity (Wildman–Crippen MR) is 120 cm³/mol. The van der Waals surface area contributed by atoms with Crippen LogP contribution in [0.25, 0.3) is 0 Å². The molecule has 1 aromatic carbocycles. The number of nitrogens with one attached hydrogen (secondary N) is 1. The molecule has 8 nitrogen and oxygen atoms in total. The van der Waals surface area contributed by atoms with E-state index < -0.39 is 11.6 Å². The molecule has 8 heteroatoms. The van der Waals surface area contributed by atoms with Gasteiger partial charge in [-0.3, -0.25) is 14.5 Å². The molecule has 0 radical (unpaired) electrons. The molecule has 4 aliphatic rings. The molecule has 0 spiro atoms. The smallest absolute Gasteiger partial charge is 0.325 e. The quantitative estimate of drug-likeness (QED) is 0.665. The van der Waals surface area contributed by atoms with E-state index in [1.807, 2.05) is 23.1 Å². The Hall–Kier alpha value is -2.77. The summed E-state index contributed by atoms with van der Waals surface area (Å²) in [4.78, 5) is 42.4. The number of fused-ring (bicyclic) bond motifs is 1. The number of imide groups is 1. The van der Waals surface area contributed by atoms with Crippen molar-refractivity contribution >= 4 is 17.8 Å². The summed E-state index contributed by atoms with van der Waals surface area (Å²) in [5.74, 6) is 1.91. The van der Waals surface area contributed by atoms with Gasteiger partial charge in [0.2, 0.25) is 12.7 Å². The van der Waals surface area contributed by atoms with Crippen LogP contribution in [0.15, 0.2) is 18.2 Å². The molecule has 4 amide bonds. The SMILES string of the molecule is CC1CCCC(N(Cc2ccc3c(c2)OCO3)C(=O)CN2C(=O)NC(C)(C3CC3)C2=O)C1C. The van der Waals surface area contributed by atoms with Crippen molar-refractivity contribution in [2.45, 2.75) is 71.0 Å². The van der Waals surface area contributed by atoms with Gasteiger partial charge in [0.25, 0.3) is 5.91 Å². The number of hydrogen-bond acceptors (Lipinski definition) is 5.